The minimum absolute atomic E-state index is 0.296. The quantitative estimate of drug-likeness (QED) is 0.685. The molecule has 0 atom stereocenters. The molecule has 1 N–H and O–H groups in total. The molecule has 20 heavy (non-hydrogen) atoms. The Labute approximate surface area is 117 Å². The van der Waals surface area contributed by atoms with Crippen LogP contribution in [-0.2, 0) is 11.2 Å². The molecule has 3 heteroatoms. The van der Waals surface area contributed by atoms with Crippen LogP contribution in [0.15, 0.2) is 48.5 Å². The van der Waals surface area contributed by atoms with E-state index in [2.05, 4.69) is 0 Å². The highest BCUT2D eigenvalue weighted by Crippen LogP contribution is 2.27. The molecular formula is C17H14O3. The molecule has 0 aliphatic carbocycles. The fourth-order valence-electron chi connectivity index (χ4n) is 2.35. The Morgan fingerprint density at radius 3 is 2.70 bits per heavy atom. The van der Waals surface area contributed by atoms with Crippen LogP contribution in [0.1, 0.15) is 16.7 Å². The van der Waals surface area contributed by atoms with Crippen molar-refractivity contribution in [3.63, 3.8) is 0 Å². The molecule has 1 heterocycles. The lowest BCUT2D eigenvalue weighted by molar-refractivity contribution is -0.130. The van der Waals surface area contributed by atoms with Crippen molar-refractivity contribution >= 4 is 17.6 Å². The van der Waals surface area contributed by atoms with E-state index in [4.69, 9.17) is 4.74 Å². The van der Waals surface area contributed by atoms with Gasteiger partial charge in [-0.3, -0.25) is 0 Å². The molecule has 0 saturated carbocycles. The van der Waals surface area contributed by atoms with Crippen LogP contribution in [0.25, 0.3) is 11.6 Å². The summed E-state index contributed by atoms with van der Waals surface area (Å²) in [6.07, 6.45) is 2.58. The van der Waals surface area contributed by atoms with E-state index in [0.717, 1.165) is 23.3 Å². The first-order chi connectivity index (χ1) is 9.74. The Balaban J connectivity index is 2.01. The summed E-state index contributed by atoms with van der Waals surface area (Å²) in [6.45, 7) is 0.701. The highest BCUT2D eigenvalue weighted by atomic mass is 16.5. The van der Waals surface area contributed by atoms with E-state index < -0.39 is 5.97 Å². The molecule has 3 rings (SSSR count). The van der Waals surface area contributed by atoms with Crippen molar-refractivity contribution in [1.82, 2.24) is 0 Å². The normalized spacial score (nSPS) is 13.7. The van der Waals surface area contributed by atoms with Gasteiger partial charge in [-0.25, -0.2) is 4.79 Å². The van der Waals surface area contributed by atoms with Crippen LogP contribution in [0.3, 0.4) is 0 Å². The summed E-state index contributed by atoms with van der Waals surface area (Å²) < 4.78 is 5.45. The molecule has 0 spiro atoms. The summed E-state index contributed by atoms with van der Waals surface area (Å²) >= 11 is 0. The van der Waals surface area contributed by atoms with Gasteiger partial charge in [0, 0.05) is 6.42 Å². The fourth-order valence-corrected chi connectivity index (χ4v) is 2.35. The standard InChI is InChI=1S/C17H14O3/c18-17(19)15(13-4-2-1-3-5-13)11-12-6-7-16-14(10-12)8-9-20-16/h1-7,10-11H,8-9H2,(H,18,19)/b15-11-. The molecule has 3 nitrogen and oxygen atoms in total. The summed E-state index contributed by atoms with van der Waals surface area (Å²) in [5, 5.41) is 9.39. The van der Waals surface area contributed by atoms with E-state index in [1.54, 1.807) is 18.2 Å². The lowest BCUT2D eigenvalue weighted by atomic mass is 10.0. The summed E-state index contributed by atoms with van der Waals surface area (Å²) in [6, 6.07) is 14.9. The maximum Gasteiger partial charge on any atom is 0.336 e. The van der Waals surface area contributed by atoms with E-state index in [0.29, 0.717) is 17.7 Å². The molecule has 0 unspecified atom stereocenters. The van der Waals surface area contributed by atoms with Gasteiger partial charge in [0.25, 0.3) is 0 Å². The average Bonchev–Trinajstić information content (AvgIpc) is 2.93. The lowest BCUT2D eigenvalue weighted by Gasteiger charge is -2.04. The van der Waals surface area contributed by atoms with Gasteiger partial charge in [-0.15, -0.1) is 0 Å². The molecule has 0 amide bonds. The van der Waals surface area contributed by atoms with Crippen LogP contribution >= 0.6 is 0 Å². The summed E-state index contributed by atoms with van der Waals surface area (Å²) in [5.41, 5.74) is 3.02. The molecule has 0 bridgehead atoms. The van der Waals surface area contributed by atoms with Crippen LogP contribution in [-0.4, -0.2) is 17.7 Å². The van der Waals surface area contributed by atoms with E-state index in [9.17, 15) is 9.90 Å². The van der Waals surface area contributed by atoms with Crippen molar-refractivity contribution in [2.75, 3.05) is 6.61 Å². The second-order valence-electron chi connectivity index (χ2n) is 4.69. The fraction of sp³-hybridized carbons (Fsp3) is 0.118. The Bertz CT molecular complexity index is 672. The molecule has 0 radical (unpaired) electrons. The van der Waals surface area contributed by atoms with Crippen LogP contribution in [0.4, 0.5) is 0 Å². The Morgan fingerprint density at radius 2 is 1.95 bits per heavy atom. The average molecular weight is 266 g/mol. The van der Waals surface area contributed by atoms with Gasteiger partial charge in [0.2, 0.25) is 0 Å². The van der Waals surface area contributed by atoms with Crippen LogP contribution in [0.2, 0.25) is 0 Å². The van der Waals surface area contributed by atoms with Gasteiger partial charge in [0.05, 0.1) is 12.2 Å². The smallest absolute Gasteiger partial charge is 0.336 e. The molecule has 0 saturated heterocycles. The predicted molar refractivity (Wildman–Crippen MR) is 77.6 cm³/mol. The van der Waals surface area contributed by atoms with Gasteiger partial charge in [-0.2, -0.15) is 0 Å². The van der Waals surface area contributed by atoms with E-state index in [-0.39, 0.29) is 0 Å². The van der Waals surface area contributed by atoms with Gasteiger partial charge in [0.1, 0.15) is 5.75 Å². The molecule has 100 valence electrons. The third-order valence-electron chi connectivity index (χ3n) is 3.34. The zero-order valence-corrected chi connectivity index (χ0v) is 10.9. The first kappa shape index (κ1) is 12.5. The van der Waals surface area contributed by atoms with Crippen LogP contribution in [0.5, 0.6) is 5.75 Å². The molecule has 1 aliphatic rings. The third kappa shape index (κ3) is 2.43. The molecule has 1 aliphatic heterocycles. The Kier molecular flexibility index (Phi) is 3.25. The third-order valence-corrected chi connectivity index (χ3v) is 3.34. The minimum Gasteiger partial charge on any atom is -0.493 e. The van der Waals surface area contributed by atoms with Gasteiger partial charge < -0.3 is 9.84 Å². The van der Waals surface area contributed by atoms with E-state index in [1.807, 2.05) is 36.4 Å². The van der Waals surface area contributed by atoms with Gasteiger partial charge in [-0.05, 0) is 34.9 Å². The Hall–Kier alpha value is -2.55. The van der Waals surface area contributed by atoms with E-state index in [1.165, 1.54) is 0 Å². The number of carbonyl (C=O) groups is 1. The second-order valence-corrected chi connectivity index (χ2v) is 4.69. The number of rotatable bonds is 3. The largest absolute Gasteiger partial charge is 0.493 e. The van der Waals surface area contributed by atoms with Crippen molar-refractivity contribution in [2.24, 2.45) is 0 Å². The monoisotopic (exact) mass is 266 g/mol. The lowest BCUT2D eigenvalue weighted by Crippen LogP contribution is -1.99. The van der Waals surface area contributed by atoms with Gasteiger partial charge >= 0.3 is 5.97 Å². The molecule has 0 fully saturated rings. The number of benzene rings is 2. The summed E-state index contributed by atoms with van der Waals surface area (Å²) in [7, 11) is 0. The van der Waals surface area contributed by atoms with Crippen molar-refractivity contribution in [2.45, 2.75) is 6.42 Å². The van der Waals surface area contributed by atoms with Gasteiger partial charge in [-0.1, -0.05) is 36.4 Å². The maximum atomic E-state index is 11.4. The highest BCUT2D eigenvalue weighted by molar-refractivity contribution is 6.20. The number of carboxylic acid groups (broad SMARTS) is 1. The molecule has 0 aromatic heterocycles. The second kappa shape index (κ2) is 5.21. The maximum absolute atomic E-state index is 11.4. The number of carboxylic acids is 1. The van der Waals surface area contributed by atoms with Crippen molar-refractivity contribution in [3.8, 4) is 5.75 Å². The number of hydrogen-bond acceptors (Lipinski definition) is 2. The molecule has 2 aromatic carbocycles. The first-order valence-corrected chi connectivity index (χ1v) is 6.50. The van der Waals surface area contributed by atoms with Crippen molar-refractivity contribution < 1.29 is 14.6 Å². The number of aliphatic carboxylic acids is 1. The van der Waals surface area contributed by atoms with Crippen molar-refractivity contribution in [1.29, 1.82) is 0 Å². The molecular weight excluding hydrogens is 252 g/mol. The number of hydrogen-bond donors (Lipinski definition) is 1. The predicted octanol–water partition coefficient (Wildman–Crippen LogP) is 3.25. The van der Waals surface area contributed by atoms with E-state index >= 15 is 0 Å². The summed E-state index contributed by atoms with van der Waals surface area (Å²) in [5.74, 6) is -0.0216. The van der Waals surface area contributed by atoms with Crippen LogP contribution in [0, 0.1) is 0 Å². The van der Waals surface area contributed by atoms with Crippen molar-refractivity contribution in [3.05, 3.63) is 65.2 Å². The minimum atomic E-state index is -0.923. The topological polar surface area (TPSA) is 46.5 Å². The Morgan fingerprint density at radius 1 is 1.15 bits per heavy atom. The number of ether oxygens (including phenoxy) is 1. The first-order valence-electron chi connectivity index (χ1n) is 6.50. The van der Waals surface area contributed by atoms with Crippen LogP contribution < -0.4 is 4.74 Å². The summed E-state index contributed by atoms with van der Waals surface area (Å²) in [4.78, 5) is 11.4. The zero-order valence-electron chi connectivity index (χ0n) is 10.9. The SMILES string of the molecule is O=C(O)/C(=C\c1ccc2c(c1)CCO2)c1ccccc1. The van der Waals surface area contributed by atoms with Gasteiger partial charge in [0.15, 0.2) is 0 Å². The highest BCUT2D eigenvalue weighted by Gasteiger charge is 2.13. The zero-order chi connectivity index (χ0) is 13.9. The number of fused-ring (bicyclic) bond motifs is 1. The molecule has 2 aromatic rings.